The van der Waals surface area contributed by atoms with Crippen molar-refractivity contribution in [1.82, 2.24) is 0 Å². The Morgan fingerprint density at radius 2 is 1.69 bits per heavy atom. The monoisotopic (exact) mass is 259 g/mol. The van der Waals surface area contributed by atoms with Crippen LogP contribution in [0.15, 0.2) is 19.3 Å². The highest BCUT2D eigenvalue weighted by molar-refractivity contribution is 8.02. The van der Waals surface area contributed by atoms with E-state index in [0.717, 1.165) is 0 Å². The van der Waals surface area contributed by atoms with Crippen LogP contribution in [-0.2, 0) is 14.6 Å². The lowest BCUT2D eigenvalue weighted by Gasteiger charge is -1.93. The second kappa shape index (κ2) is 3.61. The van der Waals surface area contributed by atoms with E-state index in [4.69, 9.17) is 34.8 Å². The zero-order valence-electron chi connectivity index (χ0n) is 5.97. The molecule has 7 heteroatoms. The van der Waals surface area contributed by atoms with E-state index in [1.165, 1.54) is 6.29 Å². The Labute approximate surface area is 89.9 Å². The fourth-order valence-electron chi connectivity index (χ4n) is 0.783. The van der Waals surface area contributed by atoms with Gasteiger partial charge in [-0.2, -0.15) is 0 Å². The van der Waals surface area contributed by atoms with E-state index in [1.807, 2.05) is 0 Å². The third kappa shape index (κ3) is 1.64. The van der Waals surface area contributed by atoms with Crippen molar-refractivity contribution in [3.8, 4) is 0 Å². The maximum atomic E-state index is 11.2. The van der Waals surface area contributed by atoms with Crippen LogP contribution < -0.4 is 0 Å². The largest absolute Gasteiger partial charge is 0.291 e. The molecule has 1 aliphatic heterocycles. The normalized spacial score (nSPS) is 21.2. The minimum atomic E-state index is -3.84. The molecule has 0 amide bonds. The third-order valence-electron chi connectivity index (χ3n) is 1.40. The fourth-order valence-corrected chi connectivity index (χ4v) is 3.23. The number of carbonyl (C=O) groups excluding carboxylic acids is 1. The molecule has 0 aliphatic carbocycles. The molecule has 13 heavy (non-hydrogen) atoms. The molecule has 0 saturated heterocycles. The molecule has 0 spiro atoms. The Hall–Kier alpha value is -0.0300. The molecular weight excluding hydrogens is 258 g/mol. The van der Waals surface area contributed by atoms with Crippen LogP contribution in [0.25, 0.3) is 0 Å². The summed E-state index contributed by atoms with van der Waals surface area (Å²) in [5, 5.41) is -0.199. The highest BCUT2D eigenvalue weighted by Crippen LogP contribution is 2.42. The van der Waals surface area contributed by atoms with Crippen molar-refractivity contribution >= 4 is 50.9 Å². The summed E-state index contributed by atoms with van der Waals surface area (Å²) in [6.07, 6.45) is 1.21. The lowest BCUT2D eigenvalue weighted by Crippen LogP contribution is -1.94. The third-order valence-corrected chi connectivity index (χ3v) is 5.05. The summed E-state index contributed by atoms with van der Waals surface area (Å²) in [5.74, 6) is 0. The topological polar surface area (TPSA) is 51.2 Å². The Bertz CT molecular complexity index is 418. The van der Waals surface area contributed by atoms with Crippen molar-refractivity contribution in [1.29, 1.82) is 0 Å². The van der Waals surface area contributed by atoms with Gasteiger partial charge < -0.3 is 0 Å². The standard InChI is InChI=1S/C6H2Cl3O3S/c7-4-3(1-2-10)5(8)13(11,12)6(4)9/h1H2. The second-order valence-electron chi connectivity index (χ2n) is 2.16. The van der Waals surface area contributed by atoms with Crippen molar-refractivity contribution < 1.29 is 13.2 Å². The molecule has 0 aromatic heterocycles. The van der Waals surface area contributed by atoms with E-state index in [2.05, 4.69) is 0 Å². The Kier molecular flexibility index (Phi) is 3.07. The first-order valence-corrected chi connectivity index (χ1v) is 5.59. The maximum absolute atomic E-state index is 11.2. The summed E-state index contributed by atoms with van der Waals surface area (Å²) in [5.41, 5.74) is 0.00309. The van der Waals surface area contributed by atoms with E-state index < -0.39 is 18.6 Å². The van der Waals surface area contributed by atoms with Gasteiger partial charge in [-0.1, -0.05) is 34.8 Å². The first kappa shape index (κ1) is 11.0. The van der Waals surface area contributed by atoms with E-state index in [1.54, 1.807) is 0 Å². The molecule has 0 bridgehead atoms. The molecule has 0 atom stereocenters. The summed E-state index contributed by atoms with van der Waals surface area (Å²) >= 11 is 16.4. The van der Waals surface area contributed by atoms with Crippen LogP contribution in [0.2, 0.25) is 0 Å². The zero-order chi connectivity index (χ0) is 10.2. The van der Waals surface area contributed by atoms with E-state index in [-0.39, 0.29) is 17.0 Å². The van der Waals surface area contributed by atoms with Crippen molar-refractivity contribution in [3.05, 3.63) is 19.3 Å². The molecule has 1 rings (SSSR count). The van der Waals surface area contributed by atoms with Crippen LogP contribution in [0.5, 0.6) is 0 Å². The van der Waals surface area contributed by atoms with Crippen molar-refractivity contribution in [2.75, 3.05) is 0 Å². The molecule has 0 aromatic carbocycles. The van der Waals surface area contributed by atoms with Crippen LogP contribution in [0.4, 0.5) is 0 Å². The lowest BCUT2D eigenvalue weighted by atomic mass is 10.2. The Balaban J connectivity index is 3.38. The Morgan fingerprint density at radius 3 is 2.00 bits per heavy atom. The molecule has 0 N–H and O–H groups in total. The van der Waals surface area contributed by atoms with Gasteiger partial charge >= 0.3 is 0 Å². The maximum Gasteiger partial charge on any atom is 0.229 e. The van der Waals surface area contributed by atoms with Gasteiger partial charge in [0.15, 0.2) is 4.36 Å². The summed E-state index contributed by atoms with van der Waals surface area (Å²) < 4.78 is 21.4. The van der Waals surface area contributed by atoms with Crippen LogP contribution in [0.3, 0.4) is 0 Å². The Morgan fingerprint density at radius 1 is 1.15 bits per heavy atom. The quantitative estimate of drug-likeness (QED) is 0.763. The van der Waals surface area contributed by atoms with Crippen LogP contribution in [0.1, 0.15) is 6.42 Å². The van der Waals surface area contributed by atoms with E-state index in [9.17, 15) is 13.2 Å². The molecule has 1 heterocycles. The zero-order valence-corrected chi connectivity index (χ0v) is 9.06. The van der Waals surface area contributed by atoms with E-state index in [0.29, 0.717) is 0 Å². The minimum absolute atomic E-state index is 0.00309. The molecule has 0 unspecified atom stereocenters. The number of hydrogen-bond donors (Lipinski definition) is 0. The summed E-state index contributed by atoms with van der Waals surface area (Å²) in [6.45, 7) is 0. The molecule has 0 saturated carbocycles. The van der Waals surface area contributed by atoms with Gasteiger partial charge in [0.1, 0.15) is 4.36 Å². The van der Waals surface area contributed by atoms with Crippen molar-refractivity contribution in [3.63, 3.8) is 0 Å². The average Bonchev–Trinajstić information content (AvgIpc) is 2.21. The van der Waals surface area contributed by atoms with Gasteiger partial charge in [-0.15, -0.1) is 0 Å². The lowest BCUT2D eigenvalue weighted by molar-refractivity contribution is 0.555. The number of hydrogen-bond acceptors (Lipinski definition) is 3. The number of allylic oxidation sites excluding steroid dienone is 2. The van der Waals surface area contributed by atoms with Crippen LogP contribution in [-0.4, -0.2) is 14.7 Å². The van der Waals surface area contributed by atoms with Gasteiger partial charge in [-0.25, -0.2) is 8.42 Å². The SMILES string of the molecule is O=[C]CC1=C(Cl)S(=O)(=O)C(Cl)=C1Cl. The average molecular weight is 261 g/mol. The summed E-state index contributed by atoms with van der Waals surface area (Å²) in [4.78, 5) is 10.0. The van der Waals surface area contributed by atoms with Crippen LogP contribution in [0, 0.1) is 0 Å². The minimum Gasteiger partial charge on any atom is -0.291 e. The molecule has 0 aromatic rings. The van der Waals surface area contributed by atoms with E-state index >= 15 is 0 Å². The highest BCUT2D eigenvalue weighted by Gasteiger charge is 2.35. The first-order chi connectivity index (χ1) is 5.92. The molecular formula is C6H2Cl3O3S. The fraction of sp³-hybridized carbons (Fsp3) is 0.167. The van der Waals surface area contributed by atoms with Gasteiger partial charge in [-0.3, -0.25) is 4.79 Å². The van der Waals surface area contributed by atoms with Crippen LogP contribution >= 0.6 is 34.8 Å². The van der Waals surface area contributed by atoms with Gasteiger partial charge in [0.05, 0.1) is 5.03 Å². The number of rotatable bonds is 2. The molecule has 0 fully saturated rings. The summed E-state index contributed by atoms with van der Waals surface area (Å²) in [6, 6.07) is 0. The van der Waals surface area contributed by atoms with Crippen molar-refractivity contribution in [2.45, 2.75) is 6.42 Å². The number of halogens is 3. The molecule has 3 nitrogen and oxygen atoms in total. The second-order valence-corrected chi connectivity index (χ2v) is 5.57. The van der Waals surface area contributed by atoms with Gasteiger partial charge in [0.25, 0.3) is 0 Å². The van der Waals surface area contributed by atoms with Gasteiger partial charge in [-0.05, 0) is 0 Å². The smallest absolute Gasteiger partial charge is 0.229 e. The predicted octanol–water partition coefficient (Wildman–Crippen LogP) is 2.01. The summed E-state index contributed by atoms with van der Waals surface area (Å²) in [7, 11) is -3.84. The highest BCUT2D eigenvalue weighted by atomic mass is 35.5. The van der Waals surface area contributed by atoms with Gasteiger partial charge in [0.2, 0.25) is 16.1 Å². The molecule has 1 radical (unpaired) electrons. The van der Waals surface area contributed by atoms with Crippen molar-refractivity contribution in [2.24, 2.45) is 0 Å². The predicted molar refractivity (Wildman–Crippen MR) is 50.8 cm³/mol. The number of sulfone groups is 1. The van der Waals surface area contributed by atoms with Gasteiger partial charge in [0, 0.05) is 12.0 Å². The molecule has 1 aliphatic rings. The molecule has 71 valence electrons. The first-order valence-electron chi connectivity index (χ1n) is 2.97.